The molecular weight excluding hydrogens is 266 g/mol. The molecule has 4 heteroatoms. The van der Waals surface area contributed by atoms with Gasteiger partial charge in [0.2, 0.25) is 5.91 Å². The molecule has 1 fully saturated rings. The van der Waals surface area contributed by atoms with E-state index in [-0.39, 0.29) is 5.91 Å². The minimum atomic E-state index is 0.0662. The molecule has 1 aliphatic carbocycles. The third-order valence-corrected chi connectivity index (χ3v) is 3.78. The fraction of sp³-hybridized carbons (Fsp3) is 0.588. The van der Waals surface area contributed by atoms with Crippen molar-refractivity contribution in [3.05, 3.63) is 18.2 Å². The second-order valence-corrected chi connectivity index (χ2v) is 5.43. The molecule has 1 aromatic rings. The molecule has 2 rings (SSSR count). The standard InChI is InChI=1S/C17H25NO3/c1-3-20-14-9-10-16(21-4-2)15(12-14)18-17(19)11-13-7-5-6-8-13/h9-10,12-13H,3-8,11H2,1-2H3,(H,18,19). The average Bonchev–Trinajstić information content (AvgIpc) is 2.95. The Morgan fingerprint density at radius 3 is 2.57 bits per heavy atom. The number of amides is 1. The topological polar surface area (TPSA) is 47.6 Å². The lowest BCUT2D eigenvalue weighted by atomic mass is 10.0. The number of hydrogen-bond acceptors (Lipinski definition) is 3. The Bertz CT molecular complexity index is 467. The number of carbonyl (C=O) groups excluding carboxylic acids is 1. The van der Waals surface area contributed by atoms with Gasteiger partial charge in [0.25, 0.3) is 0 Å². The van der Waals surface area contributed by atoms with E-state index in [2.05, 4.69) is 5.32 Å². The first-order valence-electron chi connectivity index (χ1n) is 7.92. The van der Waals surface area contributed by atoms with Gasteiger partial charge in [0, 0.05) is 12.5 Å². The average molecular weight is 291 g/mol. The number of ether oxygens (including phenoxy) is 2. The van der Waals surface area contributed by atoms with Gasteiger partial charge in [0.1, 0.15) is 11.5 Å². The third-order valence-electron chi connectivity index (χ3n) is 3.78. The van der Waals surface area contributed by atoms with E-state index in [0.29, 0.717) is 37.0 Å². The molecule has 0 spiro atoms. The number of carbonyl (C=O) groups is 1. The van der Waals surface area contributed by atoms with Gasteiger partial charge >= 0.3 is 0 Å². The quantitative estimate of drug-likeness (QED) is 0.826. The van der Waals surface area contributed by atoms with Gasteiger partial charge in [0.15, 0.2) is 0 Å². The molecule has 1 aromatic carbocycles. The van der Waals surface area contributed by atoms with Gasteiger partial charge < -0.3 is 14.8 Å². The van der Waals surface area contributed by atoms with Crippen molar-refractivity contribution in [2.75, 3.05) is 18.5 Å². The highest BCUT2D eigenvalue weighted by molar-refractivity contribution is 5.92. The monoisotopic (exact) mass is 291 g/mol. The number of hydrogen-bond donors (Lipinski definition) is 1. The van der Waals surface area contributed by atoms with Crippen molar-refractivity contribution in [3.63, 3.8) is 0 Å². The van der Waals surface area contributed by atoms with Crippen molar-refractivity contribution in [2.45, 2.75) is 46.0 Å². The molecule has 21 heavy (non-hydrogen) atoms. The lowest BCUT2D eigenvalue weighted by Crippen LogP contribution is -2.16. The molecule has 1 aliphatic rings. The van der Waals surface area contributed by atoms with Crippen LogP contribution in [0, 0.1) is 5.92 Å². The summed E-state index contributed by atoms with van der Waals surface area (Å²) in [6.07, 6.45) is 5.45. The highest BCUT2D eigenvalue weighted by atomic mass is 16.5. The summed E-state index contributed by atoms with van der Waals surface area (Å²) in [6.45, 7) is 5.04. The highest BCUT2D eigenvalue weighted by Crippen LogP contribution is 2.31. The maximum atomic E-state index is 12.2. The Balaban J connectivity index is 2.04. The molecule has 0 saturated heterocycles. The number of benzene rings is 1. The first-order valence-corrected chi connectivity index (χ1v) is 7.92. The predicted octanol–water partition coefficient (Wildman–Crippen LogP) is 4.00. The fourth-order valence-electron chi connectivity index (χ4n) is 2.82. The fourth-order valence-corrected chi connectivity index (χ4v) is 2.82. The molecule has 0 radical (unpaired) electrons. The Morgan fingerprint density at radius 2 is 1.90 bits per heavy atom. The molecule has 1 saturated carbocycles. The first kappa shape index (κ1) is 15.7. The van der Waals surface area contributed by atoms with Gasteiger partial charge in [-0.2, -0.15) is 0 Å². The Kier molecular flexibility index (Phi) is 5.90. The van der Waals surface area contributed by atoms with Crippen LogP contribution in [-0.4, -0.2) is 19.1 Å². The minimum absolute atomic E-state index is 0.0662. The molecule has 1 amide bonds. The van der Waals surface area contributed by atoms with E-state index in [1.165, 1.54) is 25.7 Å². The maximum Gasteiger partial charge on any atom is 0.224 e. The van der Waals surface area contributed by atoms with E-state index in [4.69, 9.17) is 9.47 Å². The van der Waals surface area contributed by atoms with Crippen molar-refractivity contribution < 1.29 is 14.3 Å². The zero-order chi connectivity index (χ0) is 15.1. The van der Waals surface area contributed by atoms with Crippen LogP contribution in [0.5, 0.6) is 11.5 Å². The summed E-state index contributed by atoms with van der Waals surface area (Å²) in [5.41, 5.74) is 0.700. The molecule has 116 valence electrons. The van der Waals surface area contributed by atoms with Gasteiger partial charge in [-0.25, -0.2) is 0 Å². The SMILES string of the molecule is CCOc1ccc(OCC)c(NC(=O)CC2CCCC2)c1. The van der Waals surface area contributed by atoms with Gasteiger partial charge in [0.05, 0.1) is 18.9 Å². The number of rotatable bonds is 7. The first-order chi connectivity index (χ1) is 10.2. The van der Waals surface area contributed by atoms with Crippen LogP contribution in [0.3, 0.4) is 0 Å². The summed E-state index contributed by atoms with van der Waals surface area (Å²) >= 11 is 0. The highest BCUT2D eigenvalue weighted by Gasteiger charge is 2.19. The van der Waals surface area contributed by atoms with E-state index < -0.39 is 0 Å². The molecular formula is C17H25NO3. The smallest absolute Gasteiger partial charge is 0.224 e. The van der Waals surface area contributed by atoms with Crippen molar-refractivity contribution >= 4 is 11.6 Å². The van der Waals surface area contributed by atoms with Crippen LogP contribution in [-0.2, 0) is 4.79 Å². The van der Waals surface area contributed by atoms with Crippen molar-refractivity contribution in [2.24, 2.45) is 5.92 Å². The van der Waals surface area contributed by atoms with Crippen LogP contribution in [0.2, 0.25) is 0 Å². The summed E-state index contributed by atoms with van der Waals surface area (Å²) in [4.78, 5) is 12.2. The summed E-state index contributed by atoms with van der Waals surface area (Å²) in [5, 5.41) is 2.98. The zero-order valence-electron chi connectivity index (χ0n) is 13.0. The molecule has 0 bridgehead atoms. The Morgan fingerprint density at radius 1 is 1.19 bits per heavy atom. The van der Waals surface area contributed by atoms with E-state index in [9.17, 15) is 4.79 Å². The summed E-state index contributed by atoms with van der Waals surface area (Å²) in [5.74, 6) is 2.05. The van der Waals surface area contributed by atoms with E-state index in [1.807, 2.05) is 32.0 Å². The van der Waals surface area contributed by atoms with Crippen LogP contribution in [0.1, 0.15) is 46.0 Å². The van der Waals surface area contributed by atoms with Gasteiger partial charge in [-0.1, -0.05) is 12.8 Å². The second-order valence-electron chi connectivity index (χ2n) is 5.43. The predicted molar refractivity (Wildman–Crippen MR) is 84.0 cm³/mol. The molecule has 0 unspecified atom stereocenters. The van der Waals surface area contributed by atoms with Crippen LogP contribution in [0.4, 0.5) is 5.69 Å². The van der Waals surface area contributed by atoms with Crippen molar-refractivity contribution in [1.29, 1.82) is 0 Å². The van der Waals surface area contributed by atoms with Gasteiger partial charge in [-0.3, -0.25) is 4.79 Å². The van der Waals surface area contributed by atoms with Crippen LogP contribution in [0.15, 0.2) is 18.2 Å². The van der Waals surface area contributed by atoms with Gasteiger partial charge in [-0.15, -0.1) is 0 Å². The largest absolute Gasteiger partial charge is 0.494 e. The van der Waals surface area contributed by atoms with E-state index in [1.54, 1.807) is 0 Å². The normalized spacial score (nSPS) is 15.0. The zero-order valence-corrected chi connectivity index (χ0v) is 13.0. The number of nitrogens with one attached hydrogen (secondary N) is 1. The van der Waals surface area contributed by atoms with Crippen LogP contribution >= 0.6 is 0 Å². The number of anilines is 1. The van der Waals surface area contributed by atoms with Crippen LogP contribution in [0.25, 0.3) is 0 Å². The van der Waals surface area contributed by atoms with Gasteiger partial charge in [-0.05, 0) is 44.7 Å². The van der Waals surface area contributed by atoms with E-state index in [0.717, 1.165) is 5.75 Å². The lowest BCUT2D eigenvalue weighted by Gasteiger charge is -2.15. The van der Waals surface area contributed by atoms with Crippen LogP contribution < -0.4 is 14.8 Å². The Hall–Kier alpha value is -1.71. The van der Waals surface area contributed by atoms with Crippen molar-refractivity contribution in [1.82, 2.24) is 0 Å². The molecule has 1 N–H and O–H groups in total. The summed E-state index contributed by atoms with van der Waals surface area (Å²) < 4.78 is 11.1. The summed E-state index contributed by atoms with van der Waals surface area (Å²) in [7, 11) is 0. The van der Waals surface area contributed by atoms with Crippen molar-refractivity contribution in [3.8, 4) is 11.5 Å². The molecule has 4 nitrogen and oxygen atoms in total. The lowest BCUT2D eigenvalue weighted by molar-refractivity contribution is -0.117. The maximum absolute atomic E-state index is 12.2. The summed E-state index contributed by atoms with van der Waals surface area (Å²) in [6, 6.07) is 5.54. The molecule has 0 aromatic heterocycles. The molecule has 0 atom stereocenters. The molecule has 0 aliphatic heterocycles. The third kappa shape index (κ3) is 4.66. The molecule has 0 heterocycles. The Labute approximate surface area is 126 Å². The second kappa shape index (κ2) is 7.91. The van der Waals surface area contributed by atoms with E-state index >= 15 is 0 Å². The minimum Gasteiger partial charge on any atom is -0.494 e.